The zero-order valence-electron chi connectivity index (χ0n) is 16.7. The SMILES string of the molecule is COc1cccc2c([C@H](C(=O)O)N3CCN(C(=O)OC(C)(C)C)CC3)c[nH]c12. The van der Waals surface area contributed by atoms with Gasteiger partial charge in [-0.25, -0.2) is 4.79 Å². The highest BCUT2D eigenvalue weighted by Crippen LogP contribution is 2.33. The summed E-state index contributed by atoms with van der Waals surface area (Å²) >= 11 is 0. The van der Waals surface area contributed by atoms with Crippen LogP contribution in [0.2, 0.25) is 0 Å². The highest BCUT2D eigenvalue weighted by atomic mass is 16.6. The average molecular weight is 389 g/mol. The van der Waals surface area contributed by atoms with Gasteiger partial charge in [-0.3, -0.25) is 9.69 Å². The Morgan fingerprint density at radius 3 is 2.43 bits per heavy atom. The molecule has 1 fully saturated rings. The minimum atomic E-state index is -0.922. The van der Waals surface area contributed by atoms with Gasteiger partial charge in [0.1, 0.15) is 17.4 Å². The lowest BCUT2D eigenvalue weighted by molar-refractivity contribution is -0.144. The second-order valence-corrected chi connectivity index (χ2v) is 7.87. The van der Waals surface area contributed by atoms with Crippen molar-refractivity contribution >= 4 is 23.0 Å². The van der Waals surface area contributed by atoms with Crippen molar-refractivity contribution in [2.24, 2.45) is 0 Å². The zero-order valence-corrected chi connectivity index (χ0v) is 16.7. The molecule has 1 aliphatic rings. The van der Waals surface area contributed by atoms with E-state index in [1.165, 1.54) is 0 Å². The maximum atomic E-state index is 12.2. The molecular formula is C20H27N3O5. The molecule has 0 spiro atoms. The molecular weight excluding hydrogens is 362 g/mol. The Bertz CT molecular complexity index is 862. The first-order valence-corrected chi connectivity index (χ1v) is 9.30. The number of methoxy groups -OCH3 is 1. The van der Waals surface area contributed by atoms with Crippen LogP contribution in [0, 0.1) is 0 Å². The quantitative estimate of drug-likeness (QED) is 0.835. The maximum absolute atomic E-state index is 12.2. The predicted molar refractivity (Wildman–Crippen MR) is 105 cm³/mol. The van der Waals surface area contributed by atoms with Gasteiger partial charge < -0.3 is 24.5 Å². The third-order valence-corrected chi connectivity index (χ3v) is 4.79. The Kier molecular flexibility index (Phi) is 5.51. The molecule has 3 rings (SSSR count). The lowest BCUT2D eigenvalue weighted by Gasteiger charge is -2.38. The molecule has 8 nitrogen and oxygen atoms in total. The van der Waals surface area contributed by atoms with Gasteiger partial charge in [0.05, 0.1) is 12.6 Å². The number of nitrogens with zero attached hydrogens (tertiary/aromatic N) is 2. The fraction of sp³-hybridized carbons (Fsp3) is 0.500. The second-order valence-electron chi connectivity index (χ2n) is 7.87. The van der Waals surface area contributed by atoms with Gasteiger partial charge in [-0.2, -0.15) is 0 Å². The standard InChI is InChI=1S/C20H27N3O5/c1-20(2,3)28-19(26)23-10-8-22(9-11-23)17(18(24)25)14-12-21-16-13(14)6-5-7-15(16)27-4/h5-7,12,17,21H,8-11H2,1-4H3,(H,24,25)/t17-/m1/s1. The number of ether oxygens (including phenoxy) is 2. The summed E-state index contributed by atoms with van der Waals surface area (Å²) in [6, 6.07) is 4.76. The minimum Gasteiger partial charge on any atom is -0.495 e. The molecule has 0 unspecified atom stereocenters. The third kappa shape index (κ3) is 4.06. The summed E-state index contributed by atoms with van der Waals surface area (Å²) < 4.78 is 10.8. The summed E-state index contributed by atoms with van der Waals surface area (Å²) in [5, 5.41) is 10.7. The fourth-order valence-corrected chi connectivity index (χ4v) is 3.52. The van der Waals surface area contributed by atoms with E-state index >= 15 is 0 Å². The van der Waals surface area contributed by atoms with Crippen molar-refractivity contribution in [2.75, 3.05) is 33.3 Å². The first-order valence-electron chi connectivity index (χ1n) is 9.30. The van der Waals surface area contributed by atoms with Crippen LogP contribution in [-0.2, 0) is 9.53 Å². The molecule has 8 heteroatoms. The van der Waals surface area contributed by atoms with Gasteiger partial charge in [0.2, 0.25) is 0 Å². The number of hydrogen-bond acceptors (Lipinski definition) is 5. The molecule has 0 aliphatic carbocycles. The van der Waals surface area contributed by atoms with Crippen LogP contribution in [0.5, 0.6) is 5.75 Å². The number of carboxylic acid groups (broad SMARTS) is 1. The van der Waals surface area contributed by atoms with Crippen molar-refractivity contribution in [3.8, 4) is 5.75 Å². The number of benzene rings is 1. The molecule has 0 saturated carbocycles. The van der Waals surface area contributed by atoms with E-state index in [1.54, 1.807) is 18.2 Å². The van der Waals surface area contributed by atoms with Crippen LogP contribution in [0.15, 0.2) is 24.4 Å². The number of carbonyl (C=O) groups excluding carboxylic acids is 1. The molecule has 1 aromatic heterocycles. The van der Waals surface area contributed by atoms with E-state index in [0.717, 1.165) is 10.9 Å². The van der Waals surface area contributed by atoms with Crippen molar-refractivity contribution in [1.29, 1.82) is 0 Å². The highest BCUT2D eigenvalue weighted by molar-refractivity contribution is 5.92. The Morgan fingerprint density at radius 2 is 1.86 bits per heavy atom. The number of aromatic nitrogens is 1. The van der Waals surface area contributed by atoms with Gasteiger partial charge in [-0.15, -0.1) is 0 Å². The first-order chi connectivity index (χ1) is 13.2. The number of carboxylic acids is 1. The van der Waals surface area contributed by atoms with Crippen LogP contribution in [-0.4, -0.2) is 70.8 Å². The molecule has 152 valence electrons. The number of H-pyrrole nitrogens is 1. The largest absolute Gasteiger partial charge is 0.495 e. The number of nitrogens with one attached hydrogen (secondary N) is 1. The molecule has 1 aliphatic heterocycles. The van der Waals surface area contributed by atoms with E-state index < -0.39 is 17.6 Å². The van der Waals surface area contributed by atoms with E-state index in [9.17, 15) is 14.7 Å². The Labute approximate surface area is 164 Å². The van der Waals surface area contributed by atoms with E-state index in [2.05, 4.69) is 4.98 Å². The highest BCUT2D eigenvalue weighted by Gasteiger charge is 2.34. The number of aromatic amines is 1. The zero-order chi connectivity index (χ0) is 20.5. The van der Waals surface area contributed by atoms with E-state index in [0.29, 0.717) is 37.5 Å². The second kappa shape index (κ2) is 7.71. The molecule has 0 bridgehead atoms. The number of aliphatic carboxylic acids is 1. The number of piperazine rings is 1. The summed E-state index contributed by atoms with van der Waals surface area (Å²) in [6.07, 6.45) is 1.36. The lowest BCUT2D eigenvalue weighted by Crippen LogP contribution is -2.51. The molecule has 2 aromatic rings. The van der Waals surface area contributed by atoms with Gasteiger partial charge >= 0.3 is 12.1 Å². The summed E-state index contributed by atoms with van der Waals surface area (Å²) in [7, 11) is 1.58. The van der Waals surface area contributed by atoms with Crippen LogP contribution in [0.3, 0.4) is 0 Å². The number of hydrogen-bond donors (Lipinski definition) is 2. The summed E-state index contributed by atoms with van der Waals surface area (Å²) in [5.41, 5.74) is 0.909. The van der Waals surface area contributed by atoms with Crippen molar-refractivity contribution in [3.63, 3.8) is 0 Å². The van der Waals surface area contributed by atoms with Crippen molar-refractivity contribution < 1.29 is 24.2 Å². The molecule has 1 saturated heterocycles. The lowest BCUT2D eigenvalue weighted by atomic mass is 10.0. The minimum absolute atomic E-state index is 0.365. The number of amides is 1. The van der Waals surface area contributed by atoms with E-state index in [4.69, 9.17) is 9.47 Å². The predicted octanol–water partition coefficient (Wildman–Crippen LogP) is 2.85. The molecule has 2 heterocycles. The number of carbonyl (C=O) groups is 2. The average Bonchev–Trinajstić information content (AvgIpc) is 3.04. The summed E-state index contributed by atoms with van der Waals surface area (Å²) in [4.78, 5) is 31.0. The van der Waals surface area contributed by atoms with Crippen LogP contribution in [0.25, 0.3) is 10.9 Å². The van der Waals surface area contributed by atoms with Gasteiger partial charge in [-0.05, 0) is 26.8 Å². The van der Waals surface area contributed by atoms with Crippen LogP contribution < -0.4 is 4.74 Å². The van der Waals surface area contributed by atoms with Crippen molar-refractivity contribution in [1.82, 2.24) is 14.8 Å². The van der Waals surface area contributed by atoms with Gasteiger partial charge in [-0.1, -0.05) is 12.1 Å². The van der Waals surface area contributed by atoms with Gasteiger partial charge in [0.25, 0.3) is 0 Å². The smallest absolute Gasteiger partial charge is 0.410 e. The van der Waals surface area contributed by atoms with Crippen molar-refractivity contribution in [2.45, 2.75) is 32.4 Å². The van der Waals surface area contributed by atoms with Crippen LogP contribution in [0.1, 0.15) is 32.4 Å². The molecule has 1 atom stereocenters. The summed E-state index contributed by atoms with van der Waals surface area (Å²) in [6.45, 7) is 7.22. The van der Waals surface area contributed by atoms with Crippen LogP contribution >= 0.6 is 0 Å². The number of rotatable bonds is 4. The molecule has 1 aromatic carbocycles. The fourth-order valence-electron chi connectivity index (χ4n) is 3.52. The third-order valence-electron chi connectivity index (χ3n) is 4.79. The monoisotopic (exact) mass is 389 g/mol. The molecule has 0 radical (unpaired) electrons. The molecule has 1 amide bonds. The topological polar surface area (TPSA) is 95.1 Å². The van der Waals surface area contributed by atoms with Gasteiger partial charge in [0.15, 0.2) is 0 Å². The maximum Gasteiger partial charge on any atom is 0.410 e. The molecule has 28 heavy (non-hydrogen) atoms. The number of para-hydroxylation sites is 1. The van der Waals surface area contributed by atoms with E-state index in [-0.39, 0.29) is 6.09 Å². The van der Waals surface area contributed by atoms with Crippen LogP contribution in [0.4, 0.5) is 4.79 Å². The van der Waals surface area contributed by atoms with Crippen molar-refractivity contribution in [3.05, 3.63) is 30.0 Å². The summed E-state index contributed by atoms with van der Waals surface area (Å²) in [5.74, 6) is -0.253. The van der Waals surface area contributed by atoms with Gasteiger partial charge in [0, 0.05) is 43.3 Å². The first kappa shape index (κ1) is 20.0. The molecule has 2 N–H and O–H groups in total. The Hall–Kier alpha value is -2.74. The number of fused-ring (bicyclic) bond motifs is 1. The van der Waals surface area contributed by atoms with E-state index in [1.807, 2.05) is 43.9 Å². The Balaban J connectivity index is 1.78. The normalized spacial score (nSPS) is 16.8. The Morgan fingerprint density at radius 1 is 1.18 bits per heavy atom.